The van der Waals surface area contributed by atoms with Crippen LogP contribution in [0.25, 0.3) is 0 Å². The maximum atomic E-state index is 13.2. The number of pyridine rings is 1. The Morgan fingerprint density at radius 1 is 1.31 bits per heavy atom. The lowest BCUT2D eigenvalue weighted by Crippen LogP contribution is -2.32. The summed E-state index contributed by atoms with van der Waals surface area (Å²) in [4.78, 5) is 3.82. The molecule has 0 radical (unpaired) electrons. The Morgan fingerprint density at radius 3 is 2.62 bits per heavy atom. The molecule has 0 aliphatic carbocycles. The predicted octanol–water partition coefficient (Wildman–Crippen LogP) is -0.632. The maximum Gasteiger partial charge on any atom is 0.488 e. The molecule has 1 aliphatic rings. The molecular formula is C10H14BFN2O2. The molecular weight excluding hydrogens is 210 g/mol. The minimum atomic E-state index is -1.64. The third-order valence-electron chi connectivity index (χ3n) is 2.89. The van der Waals surface area contributed by atoms with E-state index in [0.29, 0.717) is 5.69 Å². The molecule has 1 saturated heterocycles. The fraction of sp³-hybridized carbons (Fsp3) is 0.500. The van der Waals surface area contributed by atoms with Gasteiger partial charge in [-0.15, -0.1) is 0 Å². The quantitative estimate of drug-likeness (QED) is 0.462. The normalized spacial score (nSPS) is 17.4. The van der Waals surface area contributed by atoms with Crippen molar-refractivity contribution in [3.63, 3.8) is 0 Å². The molecule has 1 aromatic heterocycles. The number of hydrogen-bond donors (Lipinski definition) is 3. The minimum absolute atomic E-state index is 0.168. The van der Waals surface area contributed by atoms with E-state index in [0.717, 1.165) is 32.0 Å². The zero-order valence-electron chi connectivity index (χ0n) is 8.86. The zero-order valence-corrected chi connectivity index (χ0v) is 8.86. The van der Waals surface area contributed by atoms with Gasteiger partial charge >= 0.3 is 7.12 Å². The van der Waals surface area contributed by atoms with Crippen LogP contribution in [-0.2, 0) is 0 Å². The highest BCUT2D eigenvalue weighted by atomic mass is 19.1. The molecule has 2 rings (SSSR count). The number of halogens is 1. The number of rotatable bonds is 2. The van der Waals surface area contributed by atoms with Crippen molar-refractivity contribution in [2.24, 2.45) is 0 Å². The Kier molecular flexibility index (Phi) is 3.53. The molecule has 0 spiro atoms. The molecule has 1 fully saturated rings. The lowest BCUT2D eigenvalue weighted by atomic mass is 9.79. The second-order valence-corrected chi connectivity index (χ2v) is 4.05. The van der Waals surface area contributed by atoms with Gasteiger partial charge in [0.05, 0.1) is 0 Å². The lowest BCUT2D eigenvalue weighted by Gasteiger charge is -2.22. The van der Waals surface area contributed by atoms with Gasteiger partial charge in [-0.05, 0) is 43.5 Å². The first-order valence-electron chi connectivity index (χ1n) is 5.41. The molecule has 0 aromatic carbocycles. The molecule has 3 N–H and O–H groups in total. The number of aromatic nitrogens is 1. The molecule has 2 heterocycles. The van der Waals surface area contributed by atoms with Crippen molar-refractivity contribution in [2.45, 2.75) is 18.8 Å². The van der Waals surface area contributed by atoms with Gasteiger partial charge in [0.25, 0.3) is 0 Å². The van der Waals surface area contributed by atoms with Crippen LogP contribution in [0.15, 0.2) is 12.1 Å². The summed E-state index contributed by atoms with van der Waals surface area (Å²) in [6, 6.07) is 2.62. The third-order valence-corrected chi connectivity index (χ3v) is 2.89. The highest BCUT2D eigenvalue weighted by Gasteiger charge is 2.20. The van der Waals surface area contributed by atoms with Gasteiger partial charge in [-0.2, -0.15) is 4.39 Å². The van der Waals surface area contributed by atoms with Crippen LogP contribution in [0.3, 0.4) is 0 Å². The smallest absolute Gasteiger partial charge is 0.423 e. The van der Waals surface area contributed by atoms with Gasteiger partial charge in [-0.1, -0.05) is 0 Å². The monoisotopic (exact) mass is 224 g/mol. The van der Waals surface area contributed by atoms with Crippen molar-refractivity contribution in [3.8, 4) is 0 Å². The van der Waals surface area contributed by atoms with E-state index in [1.54, 1.807) is 6.07 Å². The highest BCUT2D eigenvalue weighted by Crippen LogP contribution is 2.22. The van der Waals surface area contributed by atoms with Crippen LogP contribution < -0.4 is 10.8 Å². The summed E-state index contributed by atoms with van der Waals surface area (Å²) < 4.78 is 13.2. The Bertz CT molecular complexity index is 370. The molecule has 16 heavy (non-hydrogen) atoms. The number of nitrogens with zero attached hydrogens (tertiary/aromatic N) is 1. The lowest BCUT2D eigenvalue weighted by molar-refractivity contribution is 0.423. The summed E-state index contributed by atoms with van der Waals surface area (Å²) >= 11 is 0. The van der Waals surface area contributed by atoms with Gasteiger partial charge in [0.1, 0.15) is 0 Å². The van der Waals surface area contributed by atoms with Crippen molar-refractivity contribution in [3.05, 3.63) is 23.8 Å². The molecule has 0 unspecified atom stereocenters. The van der Waals surface area contributed by atoms with Gasteiger partial charge in [0.15, 0.2) is 0 Å². The van der Waals surface area contributed by atoms with E-state index in [1.165, 1.54) is 0 Å². The maximum absolute atomic E-state index is 13.2. The molecule has 0 atom stereocenters. The zero-order chi connectivity index (χ0) is 11.5. The van der Waals surface area contributed by atoms with Crippen LogP contribution in [0.2, 0.25) is 0 Å². The Morgan fingerprint density at radius 2 is 2.00 bits per heavy atom. The van der Waals surface area contributed by atoms with Crippen LogP contribution >= 0.6 is 0 Å². The summed E-state index contributed by atoms with van der Waals surface area (Å²) in [5, 5.41) is 21.3. The van der Waals surface area contributed by atoms with E-state index in [2.05, 4.69) is 10.3 Å². The molecule has 86 valence electrons. The van der Waals surface area contributed by atoms with Crippen molar-refractivity contribution in [2.75, 3.05) is 13.1 Å². The van der Waals surface area contributed by atoms with Crippen LogP contribution in [0.1, 0.15) is 24.5 Å². The molecule has 0 saturated carbocycles. The molecule has 4 nitrogen and oxygen atoms in total. The molecule has 6 heteroatoms. The van der Waals surface area contributed by atoms with Crippen molar-refractivity contribution >= 4 is 12.6 Å². The molecule has 0 bridgehead atoms. The van der Waals surface area contributed by atoms with E-state index < -0.39 is 13.1 Å². The van der Waals surface area contributed by atoms with Gasteiger partial charge in [0, 0.05) is 11.6 Å². The average molecular weight is 224 g/mol. The van der Waals surface area contributed by atoms with Crippen molar-refractivity contribution in [1.29, 1.82) is 0 Å². The first kappa shape index (κ1) is 11.5. The summed E-state index contributed by atoms with van der Waals surface area (Å²) in [5.41, 5.74) is 0.783. The molecule has 0 amide bonds. The summed E-state index contributed by atoms with van der Waals surface area (Å²) in [6.07, 6.45) is 1.80. The Hall–Kier alpha value is -0.975. The first-order chi connectivity index (χ1) is 7.66. The highest BCUT2D eigenvalue weighted by molar-refractivity contribution is 6.58. The van der Waals surface area contributed by atoms with Gasteiger partial charge in [-0.25, -0.2) is 4.98 Å². The summed E-state index contributed by atoms with van der Waals surface area (Å²) in [5.74, 6) is -0.450. The molecule has 1 aromatic rings. The SMILES string of the molecule is OB(O)c1cc(F)nc(C2CCNCC2)c1. The predicted molar refractivity (Wildman–Crippen MR) is 58.9 cm³/mol. The summed E-state index contributed by atoms with van der Waals surface area (Å²) in [7, 11) is -1.64. The van der Waals surface area contributed by atoms with Crippen LogP contribution in [0, 0.1) is 5.95 Å². The van der Waals surface area contributed by atoms with E-state index in [4.69, 9.17) is 10.0 Å². The van der Waals surface area contributed by atoms with Crippen molar-refractivity contribution in [1.82, 2.24) is 10.3 Å². The fourth-order valence-corrected chi connectivity index (χ4v) is 2.01. The van der Waals surface area contributed by atoms with E-state index in [-0.39, 0.29) is 11.4 Å². The standard InChI is InChI=1S/C10H14BFN2O2/c12-10-6-8(11(15)16)5-9(14-10)7-1-3-13-4-2-7/h5-7,13,15-16H,1-4H2. The first-order valence-corrected chi connectivity index (χ1v) is 5.41. The number of hydrogen-bond acceptors (Lipinski definition) is 4. The Labute approximate surface area is 93.7 Å². The minimum Gasteiger partial charge on any atom is -0.423 e. The van der Waals surface area contributed by atoms with Crippen LogP contribution in [0.5, 0.6) is 0 Å². The summed E-state index contributed by atoms with van der Waals surface area (Å²) in [6.45, 7) is 1.78. The fourth-order valence-electron chi connectivity index (χ4n) is 2.01. The number of piperidine rings is 1. The van der Waals surface area contributed by atoms with E-state index in [1.807, 2.05) is 0 Å². The largest absolute Gasteiger partial charge is 0.488 e. The van der Waals surface area contributed by atoms with E-state index >= 15 is 0 Å². The van der Waals surface area contributed by atoms with Gasteiger partial charge in [-0.3, -0.25) is 0 Å². The third kappa shape index (κ3) is 2.58. The van der Waals surface area contributed by atoms with Crippen LogP contribution in [0.4, 0.5) is 4.39 Å². The average Bonchev–Trinajstić information content (AvgIpc) is 2.29. The topological polar surface area (TPSA) is 65.4 Å². The van der Waals surface area contributed by atoms with Crippen molar-refractivity contribution < 1.29 is 14.4 Å². The van der Waals surface area contributed by atoms with Crippen LogP contribution in [-0.4, -0.2) is 35.2 Å². The Balaban J connectivity index is 2.25. The number of nitrogens with one attached hydrogen (secondary N) is 1. The van der Waals surface area contributed by atoms with E-state index in [9.17, 15) is 4.39 Å². The second-order valence-electron chi connectivity index (χ2n) is 4.05. The molecule has 1 aliphatic heterocycles. The second kappa shape index (κ2) is 4.90. The van der Waals surface area contributed by atoms with Gasteiger partial charge < -0.3 is 15.4 Å². The van der Waals surface area contributed by atoms with Gasteiger partial charge in [0.2, 0.25) is 5.95 Å².